The summed E-state index contributed by atoms with van der Waals surface area (Å²) in [4.78, 5) is 35.6. The first-order valence-corrected chi connectivity index (χ1v) is 16.7. The molecule has 0 saturated carbocycles. The van der Waals surface area contributed by atoms with Crippen molar-refractivity contribution in [3.8, 4) is 23.0 Å². The quantitative estimate of drug-likeness (QED) is 0.166. The van der Waals surface area contributed by atoms with Gasteiger partial charge in [-0.2, -0.15) is 0 Å². The summed E-state index contributed by atoms with van der Waals surface area (Å²) in [5.41, 5.74) is 6.49. The number of ether oxygens (including phenoxy) is 4. The summed E-state index contributed by atoms with van der Waals surface area (Å²) in [6.45, 7) is 1.60. The van der Waals surface area contributed by atoms with Gasteiger partial charge in [0.15, 0.2) is 23.0 Å². The molecule has 1 unspecified atom stereocenters. The number of aliphatic imine (C=N–C) groups is 1. The Morgan fingerprint density at radius 2 is 1.51 bits per heavy atom. The van der Waals surface area contributed by atoms with Gasteiger partial charge in [0.1, 0.15) is 0 Å². The average Bonchev–Trinajstić information content (AvgIpc) is 3.71. The van der Waals surface area contributed by atoms with Crippen molar-refractivity contribution in [3.05, 3.63) is 95.1 Å². The molecule has 1 atom stereocenters. The Hall–Kier alpha value is -5.51. The number of nitrogens with zero attached hydrogens (tertiary/aromatic N) is 3. The first-order chi connectivity index (χ1) is 24.0. The zero-order valence-electron chi connectivity index (χ0n) is 28.0. The Bertz CT molecular complexity index is 1920. The van der Waals surface area contributed by atoms with Crippen molar-refractivity contribution in [2.24, 2.45) is 4.99 Å². The fourth-order valence-electron chi connectivity index (χ4n) is 6.84. The number of carbonyl (C=O) groups is 2. The van der Waals surface area contributed by atoms with Gasteiger partial charge in [0.2, 0.25) is 0 Å². The van der Waals surface area contributed by atoms with Crippen LogP contribution < -0.4 is 34.1 Å². The van der Waals surface area contributed by atoms with E-state index in [4.69, 9.17) is 23.9 Å². The van der Waals surface area contributed by atoms with Crippen molar-refractivity contribution >= 4 is 40.8 Å². The zero-order chi connectivity index (χ0) is 33.9. The summed E-state index contributed by atoms with van der Waals surface area (Å²) in [7, 11) is 4.95. The van der Waals surface area contributed by atoms with Gasteiger partial charge in [-0.3, -0.25) is 19.5 Å². The van der Waals surface area contributed by atoms with E-state index in [1.54, 1.807) is 39.5 Å². The molecular weight excluding hydrogens is 620 g/mol. The number of hydrogen-bond acceptors (Lipinski definition) is 8. The highest BCUT2D eigenvalue weighted by Gasteiger charge is 2.36. The predicted octanol–water partition coefficient (Wildman–Crippen LogP) is 6.86. The molecule has 0 bridgehead atoms. The summed E-state index contributed by atoms with van der Waals surface area (Å²) in [5, 5.41) is 3.16. The molecule has 3 aliphatic rings. The molecule has 10 nitrogen and oxygen atoms in total. The number of fused-ring (bicyclic) bond motifs is 5. The van der Waals surface area contributed by atoms with Crippen LogP contribution in [0.25, 0.3) is 0 Å². The molecule has 7 rings (SSSR count). The number of methoxy groups -OCH3 is 2. The highest BCUT2D eigenvalue weighted by Crippen LogP contribution is 2.41. The molecule has 3 heterocycles. The lowest BCUT2D eigenvalue weighted by molar-refractivity contribution is 0.0980. The van der Waals surface area contributed by atoms with Crippen LogP contribution in [0.1, 0.15) is 51.1 Å². The van der Waals surface area contributed by atoms with E-state index >= 15 is 0 Å². The molecular formula is C39H40N4O6. The van der Waals surface area contributed by atoms with Crippen LogP contribution in [0.3, 0.4) is 0 Å². The Balaban J connectivity index is 0.935. The molecule has 0 spiro atoms. The van der Waals surface area contributed by atoms with Crippen molar-refractivity contribution in [3.63, 3.8) is 0 Å². The second-order valence-corrected chi connectivity index (χ2v) is 12.3. The zero-order valence-corrected chi connectivity index (χ0v) is 28.0. The fourth-order valence-corrected chi connectivity index (χ4v) is 6.84. The van der Waals surface area contributed by atoms with Crippen LogP contribution in [0.15, 0.2) is 77.8 Å². The molecule has 252 valence electrons. The maximum absolute atomic E-state index is 13.7. The Kier molecular flexibility index (Phi) is 9.11. The van der Waals surface area contributed by atoms with Gasteiger partial charge in [0.25, 0.3) is 11.8 Å². The van der Waals surface area contributed by atoms with Crippen LogP contribution >= 0.6 is 0 Å². The van der Waals surface area contributed by atoms with Gasteiger partial charge < -0.3 is 29.2 Å². The summed E-state index contributed by atoms with van der Waals surface area (Å²) < 4.78 is 23.5. The number of carbonyl (C=O) groups excluding carboxylic acids is 2. The van der Waals surface area contributed by atoms with Crippen LogP contribution in [0.5, 0.6) is 23.0 Å². The standard InChI is InChI=1S/C39H40N4O6/c1-40-30-22-36(34(46-2)20-28(30)38(44)42-16-15-25-11-5-7-13-32(25)42)48-17-9-4-10-18-49-37-23-31-29(21-35(37)47-3)39(45)43-27(24-41-31)19-26-12-6-8-14-33(26)43/h5-8,11-14,20-24,27,40H,4,9-10,15-19H2,1-3H3. The molecule has 4 aromatic rings. The van der Waals surface area contributed by atoms with E-state index in [1.807, 2.05) is 58.5 Å². The van der Waals surface area contributed by atoms with Gasteiger partial charge in [0, 0.05) is 49.7 Å². The largest absolute Gasteiger partial charge is 0.493 e. The maximum Gasteiger partial charge on any atom is 0.261 e. The molecule has 2 amide bonds. The number of hydrogen-bond donors (Lipinski definition) is 1. The van der Waals surface area contributed by atoms with Gasteiger partial charge in [-0.05, 0) is 61.1 Å². The molecule has 49 heavy (non-hydrogen) atoms. The van der Waals surface area contributed by atoms with E-state index < -0.39 is 0 Å². The van der Waals surface area contributed by atoms with Gasteiger partial charge >= 0.3 is 0 Å². The number of unbranched alkanes of at least 4 members (excludes halogenated alkanes) is 2. The third-order valence-corrected chi connectivity index (χ3v) is 9.37. The topological polar surface area (TPSA) is 102 Å². The van der Waals surface area contributed by atoms with Crippen LogP contribution in [0.4, 0.5) is 22.7 Å². The third kappa shape index (κ3) is 6.14. The van der Waals surface area contributed by atoms with Crippen LogP contribution in [0, 0.1) is 0 Å². The Labute approximate surface area is 286 Å². The van der Waals surface area contributed by atoms with Crippen molar-refractivity contribution in [2.45, 2.75) is 38.1 Å². The Morgan fingerprint density at radius 1 is 0.837 bits per heavy atom. The maximum atomic E-state index is 13.7. The molecule has 0 aliphatic carbocycles. The summed E-state index contributed by atoms with van der Waals surface area (Å²) in [6.07, 6.45) is 5.89. The smallest absolute Gasteiger partial charge is 0.261 e. The average molecular weight is 661 g/mol. The van der Waals surface area contributed by atoms with Crippen molar-refractivity contribution in [2.75, 3.05) is 56.1 Å². The molecule has 3 aliphatic heterocycles. The first-order valence-electron chi connectivity index (χ1n) is 16.7. The number of anilines is 3. The lowest BCUT2D eigenvalue weighted by Crippen LogP contribution is -2.37. The second kappa shape index (κ2) is 13.9. The van der Waals surface area contributed by atoms with Crippen LogP contribution in [-0.2, 0) is 12.8 Å². The van der Waals surface area contributed by atoms with E-state index in [1.165, 1.54) is 5.56 Å². The van der Waals surface area contributed by atoms with E-state index in [0.29, 0.717) is 65.3 Å². The summed E-state index contributed by atoms with van der Waals surface area (Å²) in [6, 6.07) is 23.0. The lowest BCUT2D eigenvalue weighted by Gasteiger charge is -2.22. The van der Waals surface area contributed by atoms with Crippen molar-refractivity contribution < 1.29 is 28.5 Å². The van der Waals surface area contributed by atoms with E-state index in [9.17, 15) is 9.59 Å². The molecule has 1 N–H and O–H groups in total. The molecule has 4 aromatic carbocycles. The molecule has 0 fully saturated rings. The number of nitrogens with one attached hydrogen (secondary N) is 1. The Morgan fingerprint density at radius 3 is 2.24 bits per heavy atom. The molecule has 10 heteroatoms. The summed E-state index contributed by atoms with van der Waals surface area (Å²) in [5.74, 6) is 1.98. The van der Waals surface area contributed by atoms with E-state index in [-0.39, 0.29) is 17.9 Å². The van der Waals surface area contributed by atoms with Gasteiger partial charge in [-0.1, -0.05) is 36.4 Å². The fraction of sp³-hybridized carbons (Fsp3) is 0.308. The monoisotopic (exact) mass is 660 g/mol. The molecule has 0 aromatic heterocycles. The summed E-state index contributed by atoms with van der Waals surface area (Å²) >= 11 is 0. The van der Waals surface area contributed by atoms with Gasteiger partial charge in [0.05, 0.1) is 56.0 Å². The lowest BCUT2D eigenvalue weighted by atomic mass is 10.1. The number of rotatable bonds is 12. The number of amides is 2. The first kappa shape index (κ1) is 32.1. The second-order valence-electron chi connectivity index (χ2n) is 12.3. The van der Waals surface area contributed by atoms with Crippen LogP contribution in [0.2, 0.25) is 0 Å². The minimum absolute atomic E-state index is 0.0743. The van der Waals surface area contributed by atoms with Crippen LogP contribution in [-0.4, -0.2) is 65.1 Å². The number of para-hydroxylation sites is 2. The normalized spacial score (nSPS) is 15.6. The van der Waals surface area contributed by atoms with Crippen molar-refractivity contribution in [1.82, 2.24) is 0 Å². The number of benzene rings is 4. The SMILES string of the molecule is CNc1cc(OCCCCCOc2cc3c(cc2OC)C(=O)N2c4ccccc4CC2C=N3)c(OC)cc1C(=O)N1CCc2ccccc21. The van der Waals surface area contributed by atoms with Gasteiger partial charge in [-0.15, -0.1) is 0 Å². The van der Waals surface area contributed by atoms with Crippen molar-refractivity contribution in [1.29, 1.82) is 0 Å². The molecule has 0 saturated heterocycles. The minimum Gasteiger partial charge on any atom is -0.493 e. The third-order valence-electron chi connectivity index (χ3n) is 9.37. The van der Waals surface area contributed by atoms with Gasteiger partial charge in [-0.25, -0.2) is 0 Å². The minimum atomic E-state index is -0.117. The molecule has 0 radical (unpaired) electrons. The van der Waals surface area contributed by atoms with E-state index in [0.717, 1.165) is 49.0 Å². The van der Waals surface area contributed by atoms with E-state index in [2.05, 4.69) is 17.4 Å². The highest BCUT2D eigenvalue weighted by atomic mass is 16.5. The predicted molar refractivity (Wildman–Crippen MR) is 191 cm³/mol. The highest BCUT2D eigenvalue weighted by molar-refractivity contribution is 6.15.